The van der Waals surface area contributed by atoms with E-state index in [-0.39, 0.29) is 17.9 Å². The molecule has 2 rings (SSSR count). The van der Waals surface area contributed by atoms with Crippen molar-refractivity contribution in [2.45, 2.75) is 51.6 Å². The van der Waals surface area contributed by atoms with Gasteiger partial charge in [0.25, 0.3) is 5.91 Å². The molecule has 1 aliphatic heterocycles. The lowest BCUT2D eigenvalue weighted by molar-refractivity contribution is -0.140. The molecule has 2 unspecified atom stereocenters. The SMILES string of the molecule is CCCC(C)N1CCC(=O)NC(C)(c2ccccc2)C1=O. The molecule has 0 spiro atoms. The topological polar surface area (TPSA) is 49.4 Å². The van der Waals surface area contributed by atoms with Crippen molar-refractivity contribution >= 4 is 11.8 Å². The van der Waals surface area contributed by atoms with Gasteiger partial charge in [-0.3, -0.25) is 9.59 Å². The zero-order valence-corrected chi connectivity index (χ0v) is 13.1. The maximum absolute atomic E-state index is 13.0. The first-order valence-corrected chi connectivity index (χ1v) is 7.66. The van der Waals surface area contributed by atoms with Gasteiger partial charge < -0.3 is 10.2 Å². The molecular formula is C17H24N2O2. The fourth-order valence-electron chi connectivity index (χ4n) is 2.97. The van der Waals surface area contributed by atoms with Crippen LogP contribution in [0.3, 0.4) is 0 Å². The predicted molar refractivity (Wildman–Crippen MR) is 82.6 cm³/mol. The average Bonchev–Trinajstić information content (AvgIpc) is 2.58. The molecule has 2 atom stereocenters. The molecule has 2 amide bonds. The number of benzene rings is 1. The Morgan fingerprint density at radius 1 is 1.29 bits per heavy atom. The van der Waals surface area contributed by atoms with Gasteiger partial charge in [-0.05, 0) is 25.8 Å². The van der Waals surface area contributed by atoms with E-state index in [1.54, 1.807) is 6.92 Å². The summed E-state index contributed by atoms with van der Waals surface area (Å²) in [5.41, 5.74) is -0.143. The molecular weight excluding hydrogens is 264 g/mol. The molecule has 1 aliphatic rings. The van der Waals surface area contributed by atoms with Crippen molar-refractivity contribution in [2.24, 2.45) is 0 Å². The Morgan fingerprint density at radius 3 is 2.57 bits per heavy atom. The normalized spacial score (nSPS) is 24.4. The summed E-state index contributed by atoms with van der Waals surface area (Å²) < 4.78 is 0. The average molecular weight is 288 g/mol. The third-order valence-corrected chi connectivity index (χ3v) is 4.25. The van der Waals surface area contributed by atoms with Crippen LogP contribution < -0.4 is 5.32 Å². The van der Waals surface area contributed by atoms with E-state index >= 15 is 0 Å². The van der Waals surface area contributed by atoms with Gasteiger partial charge in [0.1, 0.15) is 5.54 Å². The number of carbonyl (C=O) groups excluding carboxylic acids is 2. The minimum absolute atomic E-state index is 0.0134. The van der Waals surface area contributed by atoms with E-state index in [1.165, 1.54) is 0 Å². The van der Waals surface area contributed by atoms with Crippen molar-refractivity contribution in [3.05, 3.63) is 35.9 Å². The summed E-state index contributed by atoms with van der Waals surface area (Å²) in [6.07, 6.45) is 2.33. The number of nitrogens with zero attached hydrogens (tertiary/aromatic N) is 1. The number of hydrogen-bond acceptors (Lipinski definition) is 2. The van der Waals surface area contributed by atoms with E-state index in [2.05, 4.69) is 19.2 Å². The molecule has 0 radical (unpaired) electrons. The second-order valence-corrected chi connectivity index (χ2v) is 5.93. The van der Waals surface area contributed by atoms with Crippen LogP contribution in [0.25, 0.3) is 0 Å². The largest absolute Gasteiger partial charge is 0.338 e. The maximum Gasteiger partial charge on any atom is 0.252 e. The van der Waals surface area contributed by atoms with Crippen LogP contribution in [0.1, 0.15) is 45.6 Å². The standard InChI is InChI=1S/C17H24N2O2/c1-4-8-13(2)19-12-11-15(20)18-17(3,16(19)21)14-9-6-5-7-10-14/h5-7,9-10,13H,4,8,11-12H2,1-3H3,(H,18,20). The van der Waals surface area contributed by atoms with Crippen molar-refractivity contribution in [2.75, 3.05) is 6.54 Å². The van der Waals surface area contributed by atoms with E-state index in [0.29, 0.717) is 13.0 Å². The first kappa shape index (κ1) is 15.5. The van der Waals surface area contributed by atoms with Crippen LogP contribution in [0.15, 0.2) is 30.3 Å². The first-order chi connectivity index (χ1) is 9.99. The lowest BCUT2D eigenvalue weighted by Gasteiger charge is -2.35. The summed E-state index contributed by atoms with van der Waals surface area (Å²) in [4.78, 5) is 26.9. The number of nitrogens with one attached hydrogen (secondary N) is 1. The second kappa shape index (κ2) is 6.29. The van der Waals surface area contributed by atoms with E-state index in [4.69, 9.17) is 0 Å². The molecule has 4 nitrogen and oxygen atoms in total. The van der Waals surface area contributed by atoms with Crippen molar-refractivity contribution < 1.29 is 9.59 Å². The third-order valence-electron chi connectivity index (χ3n) is 4.25. The van der Waals surface area contributed by atoms with Gasteiger partial charge in [0, 0.05) is 19.0 Å². The Labute approximate surface area is 126 Å². The molecule has 0 aromatic heterocycles. The third kappa shape index (κ3) is 3.09. The molecule has 1 fully saturated rings. The van der Waals surface area contributed by atoms with Crippen molar-refractivity contribution in [1.82, 2.24) is 10.2 Å². The van der Waals surface area contributed by atoms with Gasteiger partial charge in [0.2, 0.25) is 5.91 Å². The lowest BCUT2D eigenvalue weighted by Crippen LogP contribution is -2.54. The van der Waals surface area contributed by atoms with E-state index in [9.17, 15) is 9.59 Å². The lowest BCUT2D eigenvalue weighted by atomic mass is 9.90. The van der Waals surface area contributed by atoms with Gasteiger partial charge in [-0.25, -0.2) is 0 Å². The highest BCUT2D eigenvalue weighted by Gasteiger charge is 2.43. The van der Waals surface area contributed by atoms with E-state index in [0.717, 1.165) is 18.4 Å². The molecule has 1 saturated heterocycles. The van der Waals surface area contributed by atoms with Crippen LogP contribution >= 0.6 is 0 Å². The summed E-state index contributed by atoms with van der Waals surface area (Å²) in [6, 6.07) is 9.64. The highest BCUT2D eigenvalue weighted by atomic mass is 16.2. The van der Waals surface area contributed by atoms with Crippen LogP contribution in [0.5, 0.6) is 0 Å². The molecule has 4 heteroatoms. The number of rotatable bonds is 4. The Balaban J connectivity index is 2.38. The zero-order chi connectivity index (χ0) is 15.5. The van der Waals surface area contributed by atoms with Crippen LogP contribution in [0.4, 0.5) is 0 Å². The van der Waals surface area contributed by atoms with Gasteiger partial charge in [-0.15, -0.1) is 0 Å². The van der Waals surface area contributed by atoms with Crippen molar-refractivity contribution in [1.29, 1.82) is 0 Å². The molecule has 1 heterocycles. The summed E-state index contributed by atoms with van der Waals surface area (Å²) in [6.45, 7) is 6.47. The minimum atomic E-state index is -0.975. The molecule has 1 N–H and O–H groups in total. The fraction of sp³-hybridized carbons (Fsp3) is 0.529. The Morgan fingerprint density at radius 2 is 1.95 bits per heavy atom. The van der Waals surface area contributed by atoms with Gasteiger partial charge in [0.15, 0.2) is 0 Å². The molecule has 21 heavy (non-hydrogen) atoms. The number of hydrogen-bond donors (Lipinski definition) is 1. The molecule has 114 valence electrons. The van der Waals surface area contributed by atoms with Gasteiger partial charge >= 0.3 is 0 Å². The van der Waals surface area contributed by atoms with Crippen molar-refractivity contribution in [3.8, 4) is 0 Å². The Bertz CT molecular complexity index is 515. The second-order valence-electron chi connectivity index (χ2n) is 5.93. The molecule has 0 saturated carbocycles. The van der Waals surface area contributed by atoms with Gasteiger partial charge in [-0.2, -0.15) is 0 Å². The summed E-state index contributed by atoms with van der Waals surface area (Å²) in [5.74, 6) is -0.0820. The van der Waals surface area contributed by atoms with Crippen LogP contribution in [0.2, 0.25) is 0 Å². The monoisotopic (exact) mass is 288 g/mol. The zero-order valence-electron chi connectivity index (χ0n) is 13.1. The predicted octanol–water partition coefficient (Wildman–Crippen LogP) is 2.44. The summed E-state index contributed by atoms with van der Waals surface area (Å²) >= 11 is 0. The number of carbonyl (C=O) groups is 2. The molecule has 0 bridgehead atoms. The van der Waals surface area contributed by atoms with Crippen LogP contribution in [-0.2, 0) is 15.1 Å². The molecule has 0 aliphatic carbocycles. The summed E-state index contributed by atoms with van der Waals surface area (Å²) in [5, 5.41) is 2.92. The van der Waals surface area contributed by atoms with Gasteiger partial charge in [-0.1, -0.05) is 43.7 Å². The fourth-order valence-corrected chi connectivity index (χ4v) is 2.97. The molecule has 1 aromatic rings. The minimum Gasteiger partial charge on any atom is -0.338 e. The quantitative estimate of drug-likeness (QED) is 0.925. The van der Waals surface area contributed by atoms with Crippen LogP contribution in [-0.4, -0.2) is 29.3 Å². The Kier molecular flexibility index (Phi) is 4.66. The number of amides is 2. The highest BCUT2D eigenvalue weighted by Crippen LogP contribution is 2.27. The van der Waals surface area contributed by atoms with Gasteiger partial charge in [0.05, 0.1) is 0 Å². The smallest absolute Gasteiger partial charge is 0.252 e. The van der Waals surface area contributed by atoms with E-state index in [1.807, 2.05) is 35.2 Å². The van der Waals surface area contributed by atoms with Crippen LogP contribution in [0, 0.1) is 0 Å². The first-order valence-electron chi connectivity index (χ1n) is 7.66. The van der Waals surface area contributed by atoms with Crippen molar-refractivity contribution in [3.63, 3.8) is 0 Å². The Hall–Kier alpha value is -1.84. The summed E-state index contributed by atoms with van der Waals surface area (Å²) in [7, 11) is 0. The molecule has 1 aromatic carbocycles. The maximum atomic E-state index is 13.0. The highest BCUT2D eigenvalue weighted by molar-refractivity contribution is 5.94. The van der Waals surface area contributed by atoms with E-state index < -0.39 is 5.54 Å².